The van der Waals surface area contributed by atoms with E-state index >= 15 is 0 Å². The number of para-hydroxylation sites is 1. The summed E-state index contributed by atoms with van der Waals surface area (Å²) in [6, 6.07) is 13.4. The van der Waals surface area contributed by atoms with E-state index in [1.807, 2.05) is 49.9 Å². The molecule has 1 aliphatic rings. The van der Waals surface area contributed by atoms with E-state index < -0.39 is 6.04 Å². The number of halogens is 1. The molecule has 1 aliphatic heterocycles. The van der Waals surface area contributed by atoms with Crippen LogP contribution in [-0.2, 0) is 4.79 Å². The van der Waals surface area contributed by atoms with E-state index in [-0.39, 0.29) is 23.5 Å². The number of nitrogens with zero attached hydrogens (tertiary/aromatic N) is 2. The summed E-state index contributed by atoms with van der Waals surface area (Å²) in [5, 5.41) is 2.91. The van der Waals surface area contributed by atoms with Crippen molar-refractivity contribution in [2.24, 2.45) is 5.92 Å². The summed E-state index contributed by atoms with van der Waals surface area (Å²) >= 11 is 0. The minimum absolute atomic E-state index is 0.0409. The van der Waals surface area contributed by atoms with Crippen molar-refractivity contribution in [1.29, 1.82) is 0 Å². The quantitative estimate of drug-likeness (QED) is 0.843. The molecule has 1 atom stereocenters. The second-order valence-corrected chi connectivity index (χ2v) is 7.83. The number of carbonyl (C=O) groups is 2. The minimum atomic E-state index is -0.594. The molecule has 3 rings (SSSR count). The highest BCUT2D eigenvalue weighted by atomic mass is 19.1. The molecule has 2 aromatic rings. The molecular formula is C23H28FN3O2. The third-order valence-corrected chi connectivity index (χ3v) is 5.28. The van der Waals surface area contributed by atoms with E-state index in [1.165, 1.54) is 6.07 Å². The number of hydrogen-bond donors (Lipinski definition) is 1. The van der Waals surface area contributed by atoms with E-state index in [2.05, 4.69) is 5.32 Å². The molecule has 1 unspecified atom stereocenters. The van der Waals surface area contributed by atoms with Crippen LogP contribution < -0.4 is 10.2 Å². The first kappa shape index (κ1) is 20.8. The third-order valence-electron chi connectivity index (χ3n) is 5.28. The van der Waals surface area contributed by atoms with Crippen molar-refractivity contribution in [2.75, 3.05) is 31.1 Å². The lowest BCUT2D eigenvalue weighted by Crippen LogP contribution is -2.56. The molecule has 29 heavy (non-hydrogen) atoms. The number of piperazine rings is 1. The van der Waals surface area contributed by atoms with Gasteiger partial charge in [-0.25, -0.2) is 4.39 Å². The van der Waals surface area contributed by atoms with Crippen molar-refractivity contribution in [3.8, 4) is 0 Å². The number of carbonyl (C=O) groups excluding carboxylic acids is 2. The molecule has 2 amide bonds. The zero-order chi connectivity index (χ0) is 21.0. The number of anilines is 1. The van der Waals surface area contributed by atoms with Gasteiger partial charge in [0.2, 0.25) is 5.91 Å². The number of hydrogen-bond acceptors (Lipinski definition) is 3. The zero-order valence-corrected chi connectivity index (χ0v) is 17.2. The second-order valence-electron chi connectivity index (χ2n) is 7.83. The Labute approximate surface area is 171 Å². The van der Waals surface area contributed by atoms with Gasteiger partial charge in [0.05, 0.1) is 5.69 Å². The first-order chi connectivity index (χ1) is 13.9. The van der Waals surface area contributed by atoms with Crippen LogP contribution in [0.5, 0.6) is 0 Å². The fourth-order valence-corrected chi connectivity index (χ4v) is 3.60. The molecule has 2 aromatic carbocycles. The van der Waals surface area contributed by atoms with Gasteiger partial charge in [-0.05, 0) is 37.1 Å². The van der Waals surface area contributed by atoms with Crippen molar-refractivity contribution in [2.45, 2.75) is 26.8 Å². The van der Waals surface area contributed by atoms with Crippen LogP contribution >= 0.6 is 0 Å². The zero-order valence-electron chi connectivity index (χ0n) is 17.2. The first-order valence-electron chi connectivity index (χ1n) is 10.0. The Bertz CT molecular complexity index is 876. The molecule has 0 aliphatic carbocycles. The summed E-state index contributed by atoms with van der Waals surface area (Å²) < 4.78 is 14.0. The summed E-state index contributed by atoms with van der Waals surface area (Å²) in [6.45, 7) is 7.89. The average molecular weight is 397 g/mol. The van der Waals surface area contributed by atoms with Gasteiger partial charge in [-0.15, -0.1) is 0 Å². The molecule has 154 valence electrons. The lowest BCUT2D eigenvalue weighted by atomic mass is 10.0. The Morgan fingerprint density at radius 2 is 1.69 bits per heavy atom. The van der Waals surface area contributed by atoms with Gasteiger partial charge in [0, 0.05) is 31.7 Å². The van der Waals surface area contributed by atoms with Crippen LogP contribution in [0.2, 0.25) is 0 Å². The highest BCUT2D eigenvalue weighted by Gasteiger charge is 2.31. The standard InChI is InChI=1S/C23H28FN3O2/c1-16(2)21(25-22(28)18-8-6-7-17(3)15-18)23(29)27-13-11-26(12-14-27)20-10-5-4-9-19(20)24/h4-10,15-16,21H,11-14H2,1-3H3,(H,25,28). The number of amides is 2. The molecule has 0 radical (unpaired) electrons. The van der Waals surface area contributed by atoms with E-state index in [1.54, 1.807) is 23.1 Å². The molecule has 6 heteroatoms. The number of benzene rings is 2. The van der Waals surface area contributed by atoms with Crippen LogP contribution in [0.4, 0.5) is 10.1 Å². The lowest BCUT2D eigenvalue weighted by molar-refractivity contribution is -0.134. The SMILES string of the molecule is Cc1cccc(C(=O)NC(C(=O)N2CCN(c3ccccc3F)CC2)C(C)C)c1. The predicted molar refractivity (Wildman–Crippen MR) is 112 cm³/mol. The Morgan fingerprint density at radius 1 is 1.00 bits per heavy atom. The smallest absolute Gasteiger partial charge is 0.251 e. The van der Waals surface area contributed by atoms with E-state index in [4.69, 9.17) is 0 Å². The molecule has 0 bridgehead atoms. The summed E-state index contributed by atoms with van der Waals surface area (Å²) in [5.41, 5.74) is 2.11. The van der Waals surface area contributed by atoms with Crippen LogP contribution in [0.25, 0.3) is 0 Å². The maximum atomic E-state index is 14.0. The first-order valence-corrected chi connectivity index (χ1v) is 10.0. The molecule has 0 aromatic heterocycles. The molecular weight excluding hydrogens is 369 g/mol. The Kier molecular flexibility index (Phi) is 6.52. The molecule has 1 heterocycles. The van der Waals surface area contributed by atoms with Gasteiger partial charge < -0.3 is 15.1 Å². The van der Waals surface area contributed by atoms with Gasteiger partial charge in [0.15, 0.2) is 0 Å². The normalized spacial score (nSPS) is 15.3. The van der Waals surface area contributed by atoms with Crippen LogP contribution in [0, 0.1) is 18.7 Å². The van der Waals surface area contributed by atoms with Crippen molar-refractivity contribution in [3.63, 3.8) is 0 Å². The molecule has 1 fully saturated rings. The Hall–Kier alpha value is -2.89. The Morgan fingerprint density at radius 3 is 2.31 bits per heavy atom. The van der Waals surface area contributed by atoms with Gasteiger partial charge in [0.25, 0.3) is 5.91 Å². The highest BCUT2D eigenvalue weighted by molar-refractivity contribution is 5.97. The average Bonchev–Trinajstić information content (AvgIpc) is 2.71. The third kappa shape index (κ3) is 4.94. The summed E-state index contributed by atoms with van der Waals surface area (Å²) in [4.78, 5) is 29.5. The van der Waals surface area contributed by atoms with Crippen molar-refractivity contribution in [1.82, 2.24) is 10.2 Å². The summed E-state index contributed by atoms with van der Waals surface area (Å²) in [5.74, 6) is -0.626. The second kappa shape index (κ2) is 9.07. The highest BCUT2D eigenvalue weighted by Crippen LogP contribution is 2.21. The molecule has 0 spiro atoms. The topological polar surface area (TPSA) is 52.7 Å². The van der Waals surface area contributed by atoms with Gasteiger partial charge in [-0.1, -0.05) is 43.7 Å². The van der Waals surface area contributed by atoms with Crippen LogP contribution in [0.1, 0.15) is 29.8 Å². The van der Waals surface area contributed by atoms with Crippen molar-refractivity contribution >= 4 is 17.5 Å². The van der Waals surface area contributed by atoms with Gasteiger partial charge in [0.1, 0.15) is 11.9 Å². The number of aryl methyl sites for hydroxylation is 1. The van der Waals surface area contributed by atoms with Crippen LogP contribution in [0.15, 0.2) is 48.5 Å². The van der Waals surface area contributed by atoms with Crippen LogP contribution in [-0.4, -0.2) is 48.9 Å². The van der Waals surface area contributed by atoms with Gasteiger partial charge in [-0.3, -0.25) is 9.59 Å². The van der Waals surface area contributed by atoms with E-state index in [0.29, 0.717) is 37.4 Å². The van der Waals surface area contributed by atoms with Gasteiger partial charge >= 0.3 is 0 Å². The Balaban J connectivity index is 1.64. The van der Waals surface area contributed by atoms with Crippen LogP contribution in [0.3, 0.4) is 0 Å². The van der Waals surface area contributed by atoms with Crippen molar-refractivity contribution in [3.05, 3.63) is 65.5 Å². The lowest BCUT2D eigenvalue weighted by Gasteiger charge is -2.38. The largest absolute Gasteiger partial charge is 0.366 e. The van der Waals surface area contributed by atoms with E-state index in [0.717, 1.165) is 5.56 Å². The number of rotatable bonds is 5. The summed E-state index contributed by atoms with van der Waals surface area (Å²) in [7, 11) is 0. The molecule has 0 saturated carbocycles. The predicted octanol–water partition coefficient (Wildman–Crippen LogP) is 3.24. The maximum absolute atomic E-state index is 14.0. The molecule has 1 saturated heterocycles. The molecule has 1 N–H and O–H groups in total. The van der Waals surface area contributed by atoms with Crippen molar-refractivity contribution < 1.29 is 14.0 Å². The summed E-state index contributed by atoms with van der Waals surface area (Å²) in [6.07, 6.45) is 0. The fraction of sp³-hybridized carbons (Fsp3) is 0.391. The molecule has 5 nitrogen and oxygen atoms in total. The van der Waals surface area contributed by atoms with Gasteiger partial charge in [-0.2, -0.15) is 0 Å². The minimum Gasteiger partial charge on any atom is -0.366 e. The van der Waals surface area contributed by atoms with E-state index in [9.17, 15) is 14.0 Å². The monoisotopic (exact) mass is 397 g/mol. The fourth-order valence-electron chi connectivity index (χ4n) is 3.60. The maximum Gasteiger partial charge on any atom is 0.251 e. The number of nitrogens with one attached hydrogen (secondary N) is 1.